The van der Waals surface area contributed by atoms with Crippen LogP contribution in [0.5, 0.6) is 0 Å². The van der Waals surface area contributed by atoms with Crippen molar-refractivity contribution in [1.82, 2.24) is 4.31 Å². The van der Waals surface area contributed by atoms with Gasteiger partial charge in [0.2, 0.25) is 10.0 Å². The zero-order valence-electron chi connectivity index (χ0n) is 10.5. The van der Waals surface area contributed by atoms with Gasteiger partial charge in [-0.2, -0.15) is 4.31 Å². The minimum Gasteiger partial charge on any atom is -0.328 e. The SMILES string of the molecule is CC(N)C1CCN(S(=O)(=O)c2ccc(F)cc2Br)C1. The summed E-state index contributed by atoms with van der Waals surface area (Å²) in [5, 5.41) is 0. The summed E-state index contributed by atoms with van der Waals surface area (Å²) in [6.07, 6.45) is 0.760. The van der Waals surface area contributed by atoms with Crippen molar-refractivity contribution in [1.29, 1.82) is 0 Å². The van der Waals surface area contributed by atoms with Crippen molar-refractivity contribution < 1.29 is 12.8 Å². The van der Waals surface area contributed by atoms with Crippen LogP contribution in [0.2, 0.25) is 0 Å². The smallest absolute Gasteiger partial charge is 0.244 e. The van der Waals surface area contributed by atoms with E-state index in [9.17, 15) is 12.8 Å². The molecular formula is C12H16BrFN2O2S. The van der Waals surface area contributed by atoms with Gasteiger partial charge in [-0.15, -0.1) is 0 Å². The molecule has 0 radical (unpaired) electrons. The van der Waals surface area contributed by atoms with Crippen LogP contribution in [0.3, 0.4) is 0 Å². The summed E-state index contributed by atoms with van der Waals surface area (Å²) in [7, 11) is -3.59. The van der Waals surface area contributed by atoms with E-state index in [1.165, 1.54) is 10.4 Å². The van der Waals surface area contributed by atoms with Crippen LogP contribution in [0.25, 0.3) is 0 Å². The minimum absolute atomic E-state index is 0.0307. The first kappa shape index (κ1) is 14.9. The molecule has 1 fully saturated rings. The van der Waals surface area contributed by atoms with Gasteiger partial charge in [-0.1, -0.05) is 0 Å². The highest BCUT2D eigenvalue weighted by Gasteiger charge is 2.34. The van der Waals surface area contributed by atoms with E-state index in [-0.39, 0.29) is 21.3 Å². The molecule has 0 spiro atoms. The molecule has 0 bridgehead atoms. The summed E-state index contributed by atoms with van der Waals surface area (Å²) in [6.45, 7) is 2.76. The third-order valence-electron chi connectivity index (χ3n) is 3.44. The van der Waals surface area contributed by atoms with Gasteiger partial charge in [0.25, 0.3) is 0 Å². The lowest BCUT2D eigenvalue weighted by Crippen LogP contribution is -2.33. The highest BCUT2D eigenvalue weighted by atomic mass is 79.9. The number of benzene rings is 1. The molecule has 4 nitrogen and oxygen atoms in total. The van der Waals surface area contributed by atoms with Gasteiger partial charge < -0.3 is 5.73 Å². The lowest BCUT2D eigenvalue weighted by atomic mass is 10.0. The highest BCUT2D eigenvalue weighted by Crippen LogP contribution is 2.30. The Bertz CT molecular complexity index is 577. The number of hydrogen-bond donors (Lipinski definition) is 1. The molecule has 0 aliphatic carbocycles. The third-order valence-corrected chi connectivity index (χ3v) is 6.28. The Kier molecular flexibility index (Phi) is 4.29. The predicted molar refractivity (Wildman–Crippen MR) is 74.6 cm³/mol. The molecule has 2 unspecified atom stereocenters. The molecule has 19 heavy (non-hydrogen) atoms. The molecule has 1 aliphatic rings. The maximum Gasteiger partial charge on any atom is 0.244 e. The van der Waals surface area contributed by atoms with Crippen molar-refractivity contribution in [3.63, 3.8) is 0 Å². The zero-order valence-corrected chi connectivity index (χ0v) is 12.9. The second kappa shape index (κ2) is 5.47. The molecule has 1 heterocycles. The van der Waals surface area contributed by atoms with Gasteiger partial charge in [0.1, 0.15) is 5.82 Å². The number of sulfonamides is 1. The molecule has 1 aromatic carbocycles. The van der Waals surface area contributed by atoms with Gasteiger partial charge in [0.15, 0.2) is 0 Å². The Labute approximate surface area is 121 Å². The van der Waals surface area contributed by atoms with E-state index in [1.54, 1.807) is 0 Å². The van der Waals surface area contributed by atoms with Crippen LogP contribution in [0, 0.1) is 11.7 Å². The number of halogens is 2. The van der Waals surface area contributed by atoms with Crippen LogP contribution >= 0.6 is 15.9 Å². The van der Waals surface area contributed by atoms with E-state index in [0.717, 1.165) is 18.6 Å². The normalized spacial score (nSPS) is 22.6. The summed E-state index contributed by atoms with van der Waals surface area (Å²) in [6, 6.07) is 3.56. The fraction of sp³-hybridized carbons (Fsp3) is 0.500. The molecule has 1 aliphatic heterocycles. The lowest BCUT2D eigenvalue weighted by Gasteiger charge is -2.18. The third kappa shape index (κ3) is 2.99. The number of hydrogen-bond acceptors (Lipinski definition) is 3. The summed E-state index contributed by atoms with van der Waals surface area (Å²) in [5.74, 6) is -0.297. The van der Waals surface area contributed by atoms with Crippen LogP contribution < -0.4 is 5.73 Å². The summed E-state index contributed by atoms with van der Waals surface area (Å²) in [5.41, 5.74) is 5.81. The second-order valence-corrected chi connectivity index (χ2v) is 7.61. The lowest BCUT2D eigenvalue weighted by molar-refractivity contribution is 0.428. The van der Waals surface area contributed by atoms with E-state index in [4.69, 9.17) is 5.73 Å². The van der Waals surface area contributed by atoms with Gasteiger partial charge in [0.05, 0.1) is 4.90 Å². The predicted octanol–water partition coefficient (Wildman–Crippen LogP) is 1.95. The zero-order chi connectivity index (χ0) is 14.2. The van der Waals surface area contributed by atoms with E-state index >= 15 is 0 Å². The van der Waals surface area contributed by atoms with Crippen molar-refractivity contribution in [3.05, 3.63) is 28.5 Å². The maximum atomic E-state index is 13.0. The van der Waals surface area contributed by atoms with Crippen molar-refractivity contribution >= 4 is 26.0 Å². The summed E-state index contributed by atoms with van der Waals surface area (Å²) in [4.78, 5) is 0.0965. The van der Waals surface area contributed by atoms with Gasteiger partial charge in [-0.3, -0.25) is 0 Å². The fourth-order valence-corrected chi connectivity index (χ4v) is 4.75. The average Bonchev–Trinajstić information content (AvgIpc) is 2.78. The van der Waals surface area contributed by atoms with Crippen molar-refractivity contribution in [2.24, 2.45) is 11.7 Å². The molecule has 0 saturated carbocycles. The number of nitrogens with zero attached hydrogens (tertiary/aromatic N) is 1. The molecule has 0 aromatic heterocycles. The first-order valence-corrected chi connectivity index (χ1v) is 8.26. The standard InChI is InChI=1S/C12H16BrFN2O2S/c1-8(15)9-4-5-16(7-9)19(17,18)12-3-2-10(14)6-11(12)13/h2-3,6,8-9H,4-5,7,15H2,1H3. The molecule has 1 aromatic rings. The van der Waals surface area contributed by atoms with Gasteiger partial charge in [0, 0.05) is 23.6 Å². The van der Waals surface area contributed by atoms with Gasteiger partial charge in [-0.05, 0) is 53.4 Å². The molecule has 2 atom stereocenters. The summed E-state index contributed by atoms with van der Waals surface area (Å²) >= 11 is 3.10. The van der Waals surface area contributed by atoms with Crippen molar-refractivity contribution in [2.75, 3.05) is 13.1 Å². The van der Waals surface area contributed by atoms with Crippen LogP contribution in [-0.4, -0.2) is 31.9 Å². The Morgan fingerprint density at radius 2 is 2.21 bits per heavy atom. The Balaban J connectivity index is 2.29. The maximum absolute atomic E-state index is 13.0. The largest absolute Gasteiger partial charge is 0.328 e. The number of nitrogens with two attached hydrogens (primary N) is 1. The van der Waals surface area contributed by atoms with Crippen LogP contribution in [-0.2, 0) is 10.0 Å². The van der Waals surface area contributed by atoms with Crippen LogP contribution in [0.4, 0.5) is 4.39 Å². The molecule has 106 valence electrons. The Morgan fingerprint density at radius 3 is 2.74 bits per heavy atom. The summed E-state index contributed by atoms with van der Waals surface area (Å²) < 4.78 is 39.6. The fourth-order valence-electron chi connectivity index (χ4n) is 2.22. The van der Waals surface area contributed by atoms with Crippen LogP contribution in [0.15, 0.2) is 27.6 Å². The van der Waals surface area contributed by atoms with Crippen molar-refractivity contribution in [3.8, 4) is 0 Å². The molecule has 0 amide bonds. The quantitative estimate of drug-likeness (QED) is 0.905. The molecule has 1 saturated heterocycles. The topological polar surface area (TPSA) is 63.4 Å². The Morgan fingerprint density at radius 1 is 1.53 bits per heavy atom. The minimum atomic E-state index is -3.59. The average molecular weight is 351 g/mol. The first-order chi connectivity index (χ1) is 8.82. The van der Waals surface area contributed by atoms with Crippen molar-refractivity contribution in [2.45, 2.75) is 24.3 Å². The molecule has 2 N–H and O–H groups in total. The van der Waals surface area contributed by atoms with E-state index in [2.05, 4.69) is 15.9 Å². The van der Waals surface area contributed by atoms with E-state index < -0.39 is 15.8 Å². The van der Waals surface area contributed by atoms with Gasteiger partial charge in [-0.25, -0.2) is 12.8 Å². The monoisotopic (exact) mass is 350 g/mol. The molecule has 2 rings (SSSR count). The Hall–Kier alpha value is -0.500. The van der Waals surface area contributed by atoms with E-state index in [0.29, 0.717) is 13.1 Å². The van der Waals surface area contributed by atoms with Gasteiger partial charge >= 0.3 is 0 Å². The second-order valence-electron chi connectivity index (χ2n) is 4.85. The van der Waals surface area contributed by atoms with Crippen LogP contribution in [0.1, 0.15) is 13.3 Å². The number of rotatable bonds is 3. The first-order valence-electron chi connectivity index (χ1n) is 6.03. The van der Waals surface area contributed by atoms with E-state index in [1.807, 2.05) is 6.92 Å². The highest BCUT2D eigenvalue weighted by molar-refractivity contribution is 9.10. The molecular weight excluding hydrogens is 335 g/mol. The molecule has 7 heteroatoms.